The van der Waals surface area contributed by atoms with E-state index in [0.29, 0.717) is 29.2 Å². The highest BCUT2D eigenvalue weighted by Crippen LogP contribution is 2.35. The molecule has 1 aliphatic rings. The summed E-state index contributed by atoms with van der Waals surface area (Å²) in [6.45, 7) is 1.97. The van der Waals surface area contributed by atoms with Crippen molar-refractivity contribution in [1.29, 1.82) is 0 Å². The number of rotatable bonds is 5. The number of carbonyl (C=O) groups is 2. The Morgan fingerprint density at radius 3 is 2.89 bits per heavy atom. The molecular weight excluding hydrogens is 402 g/mol. The van der Waals surface area contributed by atoms with Crippen LogP contribution in [0.3, 0.4) is 0 Å². The van der Waals surface area contributed by atoms with Crippen molar-refractivity contribution in [3.05, 3.63) is 68.4 Å². The van der Waals surface area contributed by atoms with Gasteiger partial charge in [0.1, 0.15) is 17.3 Å². The molecule has 2 aromatic heterocycles. The molecule has 3 heterocycles. The molecule has 1 aliphatic heterocycles. The normalized spacial score (nSPS) is 14.2. The molecule has 0 unspecified atom stereocenters. The van der Waals surface area contributed by atoms with E-state index in [9.17, 15) is 9.59 Å². The third-order valence-corrected chi connectivity index (χ3v) is 5.29. The molecule has 142 valence electrons. The maximum atomic E-state index is 12.5. The van der Waals surface area contributed by atoms with Gasteiger partial charge in [-0.3, -0.25) is 9.59 Å². The van der Waals surface area contributed by atoms with Gasteiger partial charge in [0, 0.05) is 29.5 Å². The molecule has 0 radical (unpaired) electrons. The van der Waals surface area contributed by atoms with E-state index in [2.05, 4.69) is 5.16 Å². The average Bonchev–Trinajstić information content (AvgIpc) is 3.34. The fourth-order valence-electron chi connectivity index (χ4n) is 2.70. The van der Waals surface area contributed by atoms with Crippen LogP contribution >= 0.6 is 22.9 Å². The van der Waals surface area contributed by atoms with Crippen LogP contribution in [0.15, 0.2) is 46.0 Å². The molecule has 0 amide bonds. The second kappa shape index (κ2) is 7.61. The van der Waals surface area contributed by atoms with Crippen molar-refractivity contribution in [3.63, 3.8) is 0 Å². The number of nitrogens with zero attached hydrogens (tertiary/aromatic N) is 1. The summed E-state index contributed by atoms with van der Waals surface area (Å²) in [5.41, 5.74) is 1.52. The minimum atomic E-state index is -0.443. The molecule has 3 aromatic rings. The molecule has 0 N–H and O–H groups in total. The first-order valence-corrected chi connectivity index (χ1v) is 9.69. The Balaban J connectivity index is 1.43. The van der Waals surface area contributed by atoms with Crippen molar-refractivity contribution in [2.24, 2.45) is 0 Å². The predicted molar refractivity (Wildman–Crippen MR) is 104 cm³/mol. The first-order chi connectivity index (χ1) is 13.5. The molecule has 0 saturated heterocycles. The highest BCUT2D eigenvalue weighted by Gasteiger charge is 2.28. The minimum Gasteiger partial charge on any atom is -0.452 e. The number of benzene rings is 1. The number of aromatic nitrogens is 1. The lowest BCUT2D eigenvalue weighted by atomic mass is 10.1. The smallest absolute Gasteiger partial charge is 0.311 e. The van der Waals surface area contributed by atoms with Crippen LogP contribution in [0.2, 0.25) is 5.15 Å². The van der Waals surface area contributed by atoms with Gasteiger partial charge in [-0.1, -0.05) is 16.8 Å². The topological polar surface area (TPSA) is 78.6 Å². The minimum absolute atomic E-state index is 0.102. The number of esters is 1. The number of allylic oxidation sites excluding steroid dienone is 1. The maximum Gasteiger partial charge on any atom is 0.311 e. The van der Waals surface area contributed by atoms with Crippen molar-refractivity contribution in [1.82, 2.24) is 5.16 Å². The number of hydrogen-bond acceptors (Lipinski definition) is 7. The monoisotopic (exact) mass is 415 g/mol. The number of hydrogen-bond donors (Lipinski definition) is 0. The van der Waals surface area contributed by atoms with Gasteiger partial charge >= 0.3 is 5.97 Å². The Morgan fingerprint density at radius 1 is 1.32 bits per heavy atom. The van der Waals surface area contributed by atoms with E-state index in [0.717, 1.165) is 10.4 Å². The van der Waals surface area contributed by atoms with Gasteiger partial charge in [0.05, 0.1) is 12.0 Å². The van der Waals surface area contributed by atoms with E-state index in [1.54, 1.807) is 30.3 Å². The lowest BCUT2D eigenvalue weighted by Gasteiger charge is -2.05. The molecule has 8 heteroatoms. The second-order valence-corrected chi connectivity index (χ2v) is 7.49. The predicted octanol–water partition coefficient (Wildman–Crippen LogP) is 4.85. The van der Waals surface area contributed by atoms with Crippen LogP contribution in [0.25, 0.3) is 6.08 Å². The van der Waals surface area contributed by atoms with Gasteiger partial charge in [0.2, 0.25) is 5.78 Å². The Labute approximate surface area is 169 Å². The summed E-state index contributed by atoms with van der Waals surface area (Å²) < 4.78 is 16.0. The van der Waals surface area contributed by atoms with Crippen molar-refractivity contribution >= 4 is 40.8 Å². The van der Waals surface area contributed by atoms with E-state index in [-0.39, 0.29) is 23.1 Å². The van der Waals surface area contributed by atoms with Gasteiger partial charge in [-0.15, -0.1) is 11.3 Å². The summed E-state index contributed by atoms with van der Waals surface area (Å²) in [6.07, 6.45) is 2.16. The largest absolute Gasteiger partial charge is 0.452 e. The van der Waals surface area contributed by atoms with Crippen LogP contribution in [-0.4, -0.2) is 16.9 Å². The lowest BCUT2D eigenvalue weighted by molar-refractivity contribution is -0.134. The van der Waals surface area contributed by atoms with Crippen LogP contribution in [0.5, 0.6) is 11.5 Å². The van der Waals surface area contributed by atoms with Crippen LogP contribution in [0, 0.1) is 6.92 Å². The van der Waals surface area contributed by atoms with Gasteiger partial charge in [-0.2, -0.15) is 0 Å². The molecule has 0 atom stereocenters. The summed E-state index contributed by atoms with van der Waals surface area (Å²) in [4.78, 5) is 25.5. The van der Waals surface area contributed by atoms with Gasteiger partial charge in [-0.25, -0.2) is 0 Å². The van der Waals surface area contributed by atoms with E-state index in [4.69, 9.17) is 25.6 Å². The van der Waals surface area contributed by atoms with E-state index in [1.807, 2.05) is 18.4 Å². The lowest BCUT2D eigenvalue weighted by Crippen LogP contribution is -2.08. The highest BCUT2D eigenvalue weighted by molar-refractivity contribution is 7.11. The van der Waals surface area contributed by atoms with Crippen LogP contribution < -0.4 is 9.47 Å². The number of thiophene rings is 1. The Morgan fingerprint density at radius 2 is 2.18 bits per heavy atom. The molecule has 0 fully saturated rings. The zero-order valence-electron chi connectivity index (χ0n) is 14.7. The highest BCUT2D eigenvalue weighted by atomic mass is 35.5. The molecule has 0 saturated carbocycles. The molecule has 0 aliphatic carbocycles. The van der Waals surface area contributed by atoms with Gasteiger partial charge in [-0.05, 0) is 36.1 Å². The Bertz CT molecular complexity index is 1100. The molecule has 4 rings (SSSR count). The van der Waals surface area contributed by atoms with Crippen molar-refractivity contribution in [3.8, 4) is 11.5 Å². The first kappa shape index (κ1) is 18.5. The Kier molecular flexibility index (Phi) is 5.02. The van der Waals surface area contributed by atoms with Gasteiger partial charge in [0.15, 0.2) is 10.9 Å². The number of ether oxygens (including phenoxy) is 2. The number of Topliss-reactive ketones (excluding diaryl/α,β-unsaturated/α-hetero) is 1. The van der Waals surface area contributed by atoms with E-state index in [1.165, 1.54) is 11.3 Å². The number of carbonyl (C=O) groups excluding carboxylic acids is 2. The molecule has 0 spiro atoms. The third kappa shape index (κ3) is 3.85. The zero-order valence-corrected chi connectivity index (χ0v) is 16.3. The fourth-order valence-corrected chi connectivity index (χ4v) is 3.70. The van der Waals surface area contributed by atoms with Gasteiger partial charge in [0.25, 0.3) is 0 Å². The van der Waals surface area contributed by atoms with E-state index >= 15 is 0 Å². The van der Waals surface area contributed by atoms with Gasteiger partial charge < -0.3 is 14.0 Å². The van der Waals surface area contributed by atoms with Crippen molar-refractivity contribution in [2.75, 3.05) is 0 Å². The standard InChI is InChI=1S/C20H14ClNO5S/c1-11-6-7-28-17(11)10-16-20(24)14-4-2-12(8-15(14)26-16)25-19(23)5-3-13-9-18(21)22-27-13/h2,4,6-10H,3,5H2,1H3/b16-10-. The van der Waals surface area contributed by atoms with Crippen LogP contribution in [-0.2, 0) is 11.2 Å². The fraction of sp³-hybridized carbons (Fsp3) is 0.150. The summed E-state index contributed by atoms with van der Waals surface area (Å²) in [5.74, 6) is 0.804. The summed E-state index contributed by atoms with van der Waals surface area (Å²) >= 11 is 7.21. The van der Waals surface area contributed by atoms with E-state index < -0.39 is 5.97 Å². The SMILES string of the molecule is Cc1ccsc1/C=C1\Oc2cc(OC(=O)CCc3cc(Cl)no3)ccc2C1=O. The molecular formula is C20H14ClNO5S. The summed E-state index contributed by atoms with van der Waals surface area (Å²) in [7, 11) is 0. The Hall–Kier alpha value is -2.90. The number of halogens is 1. The van der Waals surface area contributed by atoms with Crippen LogP contribution in [0.1, 0.15) is 33.0 Å². The van der Waals surface area contributed by atoms with Crippen LogP contribution in [0.4, 0.5) is 0 Å². The summed E-state index contributed by atoms with van der Waals surface area (Å²) in [6, 6.07) is 8.24. The second-order valence-electron chi connectivity index (χ2n) is 6.16. The van der Waals surface area contributed by atoms with Crippen molar-refractivity contribution < 1.29 is 23.6 Å². The maximum absolute atomic E-state index is 12.5. The molecule has 0 bridgehead atoms. The quantitative estimate of drug-likeness (QED) is 0.336. The third-order valence-electron chi connectivity index (χ3n) is 4.14. The molecule has 1 aromatic carbocycles. The zero-order chi connectivity index (χ0) is 19.7. The summed E-state index contributed by atoms with van der Waals surface area (Å²) in [5, 5.41) is 5.75. The molecule has 6 nitrogen and oxygen atoms in total. The first-order valence-electron chi connectivity index (χ1n) is 8.44. The van der Waals surface area contributed by atoms with Crippen molar-refractivity contribution in [2.45, 2.75) is 19.8 Å². The molecule has 28 heavy (non-hydrogen) atoms. The number of ketones is 1. The average molecular weight is 416 g/mol. The number of fused-ring (bicyclic) bond motifs is 1. The number of aryl methyl sites for hydroxylation is 2.